The zero-order chi connectivity index (χ0) is 13.8. The van der Waals surface area contributed by atoms with E-state index in [1.807, 2.05) is 0 Å². The Hall–Kier alpha value is 0. The van der Waals surface area contributed by atoms with E-state index in [0.717, 1.165) is 35.5 Å². The van der Waals surface area contributed by atoms with Crippen molar-refractivity contribution in [2.75, 3.05) is 0 Å². The molecule has 6 atom stereocenters. The van der Waals surface area contributed by atoms with E-state index < -0.39 is 0 Å². The van der Waals surface area contributed by atoms with Crippen LogP contribution in [-0.2, 0) is 0 Å². The van der Waals surface area contributed by atoms with E-state index >= 15 is 0 Å². The van der Waals surface area contributed by atoms with Gasteiger partial charge in [-0.15, -0.1) is 0 Å². The normalized spacial score (nSPS) is 36.0. The smallest absolute Gasteiger partial charge is 0.0349 e. The Balaban J connectivity index is 1.71. The summed E-state index contributed by atoms with van der Waals surface area (Å²) in [5, 5.41) is 0. The molecule has 0 heteroatoms. The second-order valence-electron chi connectivity index (χ2n) is 7.60. The van der Waals surface area contributed by atoms with Crippen molar-refractivity contribution in [1.82, 2.24) is 0 Å². The van der Waals surface area contributed by atoms with Gasteiger partial charge in [0.05, 0.1) is 0 Å². The quantitative estimate of drug-likeness (QED) is 0.458. The van der Waals surface area contributed by atoms with Crippen LogP contribution in [0.2, 0.25) is 0 Å². The highest BCUT2D eigenvalue weighted by atomic mass is 14.6. The van der Waals surface area contributed by atoms with Crippen molar-refractivity contribution in [1.29, 1.82) is 0 Å². The lowest BCUT2D eigenvalue weighted by Gasteiger charge is -2.24. The lowest BCUT2D eigenvalue weighted by Crippen LogP contribution is -2.14. The van der Waals surface area contributed by atoms with Crippen LogP contribution in [0.25, 0.3) is 0 Å². The number of unbranched alkanes of at least 4 members (excludes halogenated alkanes) is 1. The van der Waals surface area contributed by atoms with E-state index in [1.165, 1.54) is 44.9 Å². The summed E-state index contributed by atoms with van der Waals surface area (Å²) in [4.78, 5) is 0. The van der Waals surface area contributed by atoms with Crippen molar-refractivity contribution < 1.29 is 0 Å². The molecule has 2 rings (SSSR count). The van der Waals surface area contributed by atoms with Gasteiger partial charge in [0.25, 0.3) is 0 Å². The first-order chi connectivity index (χ1) is 9.21. The number of hydrogen-bond acceptors (Lipinski definition) is 0. The summed E-state index contributed by atoms with van der Waals surface area (Å²) in [6.45, 7) is 9.69. The molecule has 0 aliphatic heterocycles. The molecular formula is C19H36. The van der Waals surface area contributed by atoms with E-state index in [2.05, 4.69) is 27.7 Å². The topological polar surface area (TPSA) is 0 Å². The van der Waals surface area contributed by atoms with Crippen LogP contribution in [0.4, 0.5) is 0 Å². The SMILES string of the molecule is CCCC[C@H](CC)CCC(C)C1CC(CC)C2CC12. The summed E-state index contributed by atoms with van der Waals surface area (Å²) >= 11 is 0. The first-order valence-corrected chi connectivity index (χ1v) is 9.21. The van der Waals surface area contributed by atoms with Gasteiger partial charge in [-0.2, -0.15) is 0 Å². The maximum Gasteiger partial charge on any atom is -0.0349 e. The van der Waals surface area contributed by atoms with Crippen molar-refractivity contribution in [2.45, 2.75) is 85.5 Å². The molecule has 0 nitrogen and oxygen atoms in total. The van der Waals surface area contributed by atoms with Crippen molar-refractivity contribution in [3.8, 4) is 0 Å². The highest BCUT2D eigenvalue weighted by molar-refractivity contribution is 5.03. The third kappa shape index (κ3) is 3.76. The highest BCUT2D eigenvalue weighted by Crippen LogP contribution is 2.61. The van der Waals surface area contributed by atoms with Crippen LogP contribution in [-0.4, -0.2) is 0 Å². The standard InChI is InChI=1S/C19H36/c1-5-8-9-15(6-2)11-10-14(4)17-12-16(7-3)18-13-19(17)18/h14-19H,5-13H2,1-4H3/t14?,15-,16?,17?,18?,19?/m0/s1. The Labute approximate surface area is 121 Å². The molecule has 2 aliphatic rings. The monoisotopic (exact) mass is 264 g/mol. The highest BCUT2D eigenvalue weighted by Gasteiger charge is 2.54. The van der Waals surface area contributed by atoms with E-state index in [4.69, 9.17) is 0 Å². The lowest BCUT2D eigenvalue weighted by atomic mass is 9.81. The summed E-state index contributed by atoms with van der Waals surface area (Å²) in [5.41, 5.74) is 0. The van der Waals surface area contributed by atoms with Gasteiger partial charge in [-0.05, 0) is 48.3 Å². The van der Waals surface area contributed by atoms with Crippen LogP contribution in [0, 0.1) is 35.5 Å². The predicted molar refractivity (Wildman–Crippen MR) is 85.2 cm³/mol. The van der Waals surface area contributed by atoms with Gasteiger partial charge in [0.1, 0.15) is 0 Å². The summed E-state index contributed by atoms with van der Waals surface area (Å²) in [5.74, 6) is 6.51. The summed E-state index contributed by atoms with van der Waals surface area (Å²) in [6.07, 6.45) is 13.3. The maximum absolute atomic E-state index is 2.56. The molecule has 0 saturated heterocycles. The largest absolute Gasteiger partial charge is 0.0654 e. The third-order valence-electron chi connectivity index (χ3n) is 6.45. The molecule has 5 unspecified atom stereocenters. The Bertz CT molecular complexity index is 257. The molecule has 2 fully saturated rings. The summed E-state index contributed by atoms with van der Waals surface area (Å²) in [6, 6.07) is 0. The Morgan fingerprint density at radius 2 is 1.74 bits per heavy atom. The van der Waals surface area contributed by atoms with Crippen LogP contribution < -0.4 is 0 Å². The molecule has 0 heterocycles. The third-order valence-corrected chi connectivity index (χ3v) is 6.45. The minimum absolute atomic E-state index is 1.00. The first kappa shape index (κ1) is 15.4. The van der Waals surface area contributed by atoms with Gasteiger partial charge in [0.2, 0.25) is 0 Å². The van der Waals surface area contributed by atoms with E-state index in [0.29, 0.717) is 0 Å². The minimum Gasteiger partial charge on any atom is -0.0654 e. The molecule has 0 spiro atoms. The Morgan fingerprint density at radius 1 is 0.947 bits per heavy atom. The van der Waals surface area contributed by atoms with Crippen molar-refractivity contribution in [2.24, 2.45) is 35.5 Å². The number of rotatable bonds is 9. The van der Waals surface area contributed by atoms with Crippen LogP contribution in [0.15, 0.2) is 0 Å². The van der Waals surface area contributed by atoms with Gasteiger partial charge in [0.15, 0.2) is 0 Å². The average molecular weight is 264 g/mol. The molecule has 0 aromatic carbocycles. The van der Waals surface area contributed by atoms with Crippen molar-refractivity contribution in [3.63, 3.8) is 0 Å². The molecule has 112 valence electrons. The van der Waals surface area contributed by atoms with Crippen LogP contribution in [0.1, 0.15) is 85.5 Å². The van der Waals surface area contributed by atoms with Crippen LogP contribution >= 0.6 is 0 Å². The molecule has 19 heavy (non-hydrogen) atoms. The summed E-state index contributed by atoms with van der Waals surface area (Å²) in [7, 11) is 0. The molecular weight excluding hydrogens is 228 g/mol. The zero-order valence-electron chi connectivity index (χ0n) is 13.8. The second-order valence-corrected chi connectivity index (χ2v) is 7.60. The molecule has 2 saturated carbocycles. The maximum atomic E-state index is 2.56. The van der Waals surface area contributed by atoms with Gasteiger partial charge < -0.3 is 0 Å². The molecule has 0 aromatic heterocycles. The van der Waals surface area contributed by atoms with Crippen LogP contribution in [0.5, 0.6) is 0 Å². The van der Waals surface area contributed by atoms with Gasteiger partial charge in [-0.1, -0.05) is 72.6 Å². The van der Waals surface area contributed by atoms with E-state index in [9.17, 15) is 0 Å². The molecule has 0 bridgehead atoms. The fraction of sp³-hybridized carbons (Fsp3) is 1.00. The number of fused-ring (bicyclic) bond motifs is 1. The molecule has 2 aliphatic carbocycles. The second kappa shape index (κ2) is 7.14. The van der Waals surface area contributed by atoms with Crippen molar-refractivity contribution >= 4 is 0 Å². The molecule has 0 N–H and O–H groups in total. The molecule has 0 aromatic rings. The minimum atomic E-state index is 1.00. The van der Waals surface area contributed by atoms with Crippen molar-refractivity contribution in [3.05, 3.63) is 0 Å². The Kier molecular flexibility index (Phi) is 5.78. The van der Waals surface area contributed by atoms with E-state index in [-0.39, 0.29) is 0 Å². The number of hydrogen-bond donors (Lipinski definition) is 0. The molecule has 0 amide bonds. The van der Waals surface area contributed by atoms with Gasteiger partial charge in [0, 0.05) is 0 Å². The van der Waals surface area contributed by atoms with Crippen LogP contribution in [0.3, 0.4) is 0 Å². The van der Waals surface area contributed by atoms with E-state index in [1.54, 1.807) is 12.8 Å². The fourth-order valence-corrected chi connectivity index (χ4v) is 4.85. The summed E-state index contributed by atoms with van der Waals surface area (Å²) < 4.78 is 0. The van der Waals surface area contributed by atoms with Gasteiger partial charge >= 0.3 is 0 Å². The molecule has 0 radical (unpaired) electrons. The van der Waals surface area contributed by atoms with Gasteiger partial charge in [-0.25, -0.2) is 0 Å². The lowest BCUT2D eigenvalue weighted by molar-refractivity contribution is 0.263. The average Bonchev–Trinajstić information content (AvgIpc) is 3.13. The Morgan fingerprint density at radius 3 is 2.32 bits per heavy atom. The fourth-order valence-electron chi connectivity index (χ4n) is 4.85. The van der Waals surface area contributed by atoms with Gasteiger partial charge in [-0.3, -0.25) is 0 Å². The zero-order valence-corrected chi connectivity index (χ0v) is 13.8. The predicted octanol–water partition coefficient (Wildman–Crippen LogP) is 6.30. The first-order valence-electron chi connectivity index (χ1n) is 9.21.